The minimum Gasteiger partial charge on any atom is -0.477 e. The van der Waals surface area contributed by atoms with Crippen LogP contribution in [0.15, 0.2) is 18.3 Å². The maximum atomic E-state index is 5.72. The lowest BCUT2D eigenvalue weighted by molar-refractivity contribution is 0.241. The number of ether oxygens (including phenoxy) is 1. The zero-order valence-corrected chi connectivity index (χ0v) is 8.98. The topological polar surface area (TPSA) is 48.1 Å². The first-order valence-electron chi connectivity index (χ1n) is 5.67. The molecule has 2 N–H and O–H groups in total. The number of nitrogens with zero attached hydrogens (tertiary/aromatic N) is 1. The Bertz CT molecular complexity index is 308. The van der Waals surface area contributed by atoms with E-state index in [0.717, 1.165) is 18.1 Å². The van der Waals surface area contributed by atoms with Crippen molar-refractivity contribution in [1.29, 1.82) is 0 Å². The molecule has 1 heterocycles. The van der Waals surface area contributed by atoms with Crippen molar-refractivity contribution in [3.63, 3.8) is 0 Å². The fraction of sp³-hybridized carbons (Fsp3) is 0.583. The smallest absolute Gasteiger partial charge is 0.217 e. The van der Waals surface area contributed by atoms with Crippen molar-refractivity contribution in [2.75, 3.05) is 6.61 Å². The normalized spacial score (nSPS) is 16.9. The van der Waals surface area contributed by atoms with Crippen LogP contribution >= 0.6 is 0 Å². The fourth-order valence-electron chi connectivity index (χ4n) is 2.08. The molecule has 82 valence electrons. The molecule has 0 unspecified atom stereocenters. The molecule has 0 amide bonds. The van der Waals surface area contributed by atoms with Crippen molar-refractivity contribution in [1.82, 2.24) is 4.98 Å². The lowest BCUT2D eigenvalue weighted by Crippen LogP contribution is -2.11. The van der Waals surface area contributed by atoms with Crippen LogP contribution in [0.25, 0.3) is 0 Å². The lowest BCUT2D eigenvalue weighted by atomic mass is 10.1. The molecule has 0 aliphatic heterocycles. The van der Waals surface area contributed by atoms with Crippen molar-refractivity contribution in [2.45, 2.75) is 32.2 Å². The minimum atomic E-state index is 0.494. The summed E-state index contributed by atoms with van der Waals surface area (Å²) in [6.45, 7) is 1.29. The van der Waals surface area contributed by atoms with Crippen LogP contribution in [0.2, 0.25) is 0 Å². The van der Waals surface area contributed by atoms with Gasteiger partial charge in [-0.25, -0.2) is 4.98 Å². The Labute approximate surface area is 90.7 Å². The van der Waals surface area contributed by atoms with Crippen molar-refractivity contribution >= 4 is 0 Å². The van der Waals surface area contributed by atoms with E-state index in [2.05, 4.69) is 4.98 Å². The highest BCUT2D eigenvalue weighted by atomic mass is 16.5. The third-order valence-electron chi connectivity index (χ3n) is 3.00. The Morgan fingerprint density at radius 1 is 1.40 bits per heavy atom. The zero-order valence-electron chi connectivity index (χ0n) is 8.98. The highest BCUT2D eigenvalue weighted by Gasteiger charge is 2.16. The molecule has 0 radical (unpaired) electrons. The maximum Gasteiger partial charge on any atom is 0.217 e. The van der Waals surface area contributed by atoms with Gasteiger partial charge in [-0.2, -0.15) is 0 Å². The van der Waals surface area contributed by atoms with Gasteiger partial charge >= 0.3 is 0 Å². The Morgan fingerprint density at radius 3 is 2.93 bits per heavy atom. The fourth-order valence-corrected chi connectivity index (χ4v) is 2.08. The van der Waals surface area contributed by atoms with Gasteiger partial charge in [-0.05, 0) is 24.8 Å². The van der Waals surface area contributed by atoms with Gasteiger partial charge in [0.2, 0.25) is 5.88 Å². The van der Waals surface area contributed by atoms with E-state index in [1.54, 1.807) is 6.20 Å². The third-order valence-corrected chi connectivity index (χ3v) is 3.00. The average Bonchev–Trinajstić information content (AvgIpc) is 2.79. The van der Waals surface area contributed by atoms with Crippen LogP contribution < -0.4 is 10.5 Å². The predicted molar refractivity (Wildman–Crippen MR) is 59.6 cm³/mol. The highest BCUT2D eigenvalue weighted by Crippen LogP contribution is 2.25. The van der Waals surface area contributed by atoms with Gasteiger partial charge in [0.25, 0.3) is 0 Å². The van der Waals surface area contributed by atoms with Crippen molar-refractivity contribution in [2.24, 2.45) is 11.7 Å². The SMILES string of the molecule is NCc1cccnc1OCC1CCCC1. The van der Waals surface area contributed by atoms with E-state index < -0.39 is 0 Å². The number of hydrogen-bond donors (Lipinski definition) is 1. The first kappa shape index (κ1) is 10.4. The van der Waals surface area contributed by atoms with Crippen molar-refractivity contribution in [3.8, 4) is 5.88 Å². The van der Waals surface area contributed by atoms with E-state index in [9.17, 15) is 0 Å². The van der Waals surface area contributed by atoms with E-state index in [1.807, 2.05) is 12.1 Å². The largest absolute Gasteiger partial charge is 0.477 e. The van der Waals surface area contributed by atoms with Crippen LogP contribution in [0.4, 0.5) is 0 Å². The summed E-state index contributed by atoms with van der Waals surface area (Å²) in [5, 5.41) is 0. The molecule has 2 rings (SSSR count). The molecule has 0 atom stereocenters. The number of pyridine rings is 1. The van der Waals surface area contributed by atoms with Gasteiger partial charge in [0.05, 0.1) is 6.61 Å². The first-order chi connectivity index (χ1) is 7.40. The number of aromatic nitrogens is 1. The number of rotatable bonds is 4. The van der Waals surface area contributed by atoms with E-state index in [0.29, 0.717) is 12.4 Å². The van der Waals surface area contributed by atoms with Crippen LogP contribution in [0.3, 0.4) is 0 Å². The van der Waals surface area contributed by atoms with Crippen LogP contribution in [0, 0.1) is 5.92 Å². The third kappa shape index (κ3) is 2.69. The summed E-state index contributed by atoms with van der Waals surface area (Å²) in [6.07, 6.45) is 7.04. The van der Waals surface area contributed by atoms with Crippen molar-refractivity contribution < 1.29 is 4.74 Å². The number of nitrogens with two attached hydrogens (primary N) is 1. The van der Waals surface area contributed by atoms with Crippen molar-refractivity contribution in [3.05, 3.63) is 23.9 Å². The van der Waals surface area contributed by atoms with Gasteiger partial charge in [0.1, 0.15) is 0 Å². The summed E-state index contributed by atoms with van der Waals surface area (Å²) in [4.78, 5) is 4.21. The van der Waals surface area contributed by atoms with Gasteiger partial charge in [-0.3, -0.25) is 0 Å². The first-order valence-corrected chi connectivity index (χ1v) is 5.67. The molecule has 1 aromatic heterocycles. The summed E-state index contributed by atoms with van der Waals surface area (Å²) in [5.41, 5.74) is 6.61. The quantitative estimate of drug-likeness (QED) is 0.820. The molecule has 0 aromatic carbocycles. The second-order valence-electron chi connectivity index (χ2n) is 4.13. The van der Waals surface area contributed by atoms with E-state index >= 15 is 0 Å². The summed E-state index contributed by atoms with van der Waals surface area (Å²) < 4.78 is 5.72. The second-order valence-corrected chi connectivity index (χ2v) is 4.13. The second kappa shape index (κ2) is 5.12. The molecule has 0 saturated heterocycles. The Balaban J connectivity index is 1.91. The molecule has 1 saturated carbocycles. The maximum absolute atomic E-state index is 5.72. The Hall–Kier alpha value is -1.09. The van der Waals surface area contributed by atoms with E-state index in [-0.39, 0.29) is 0 Å². The number of hydrogen-bond acceptors (Lipinski definition) is 3. The Morgan fingerprint density at radius 2 is 2.20 bits per heavy atom. The van der Waals surface area contributed by atoms with Gasteiger partial charge in [-0.1, -0.05) is 18.9 Å². The van der Waals surface area contributed by atoms with Gasteiger partial charge in [0.15, 0.2) is 0 Å². The average molecular weight is 206 g/mol. The molecular weight excluding hydrogens is 188 g/mol. The molecule has 1 fully saturated rings. The molecule has 0 spiro atoms. The predicted octanol–water partition coefficient (Wildman–Crippen LogP) is 2.11. The monoisotopic (exact) mass is 206 g/mol. The standard InChI is InChI=1S/C12H18N2O/c13-8-11-6-3-7-14-12(11)15-9-10-4-1-2-5-10/h3,6-7,10H,1-2,4-5,8-9,13H2. The van der Waals surface area contributed by atoms with Gasteiger partial charge in [-0.15, -0.1) is 0 Å². The van der Waals surface area contributed by atoms with Crippen LogP contribution in [0.5, 0.6) is 5.88 Å². The Kier molecular flexibility index (Phi) is 3.56. The van der Waals surface area contributed by atoms with Gasteiger partial charge in [0, 0.05) is 18.3 Å². The molecular formula is C12H18N2O. The molecule has 1 aromatic rings. The minimum absolute atomic E-state index is 0.494. The van der Waals surface area contributed by atoms with E-state index in [1.165, 1.54) is 25.7 Å². The molecule has 0 bridgehead atoms. The van der Waals surface area contributed by atoms with Gasteiger partial charge < -0.3 is 10.5 Å². The summed E-state index contributed by atoms with van der Waals surface area (Å²) >= 11 is 0. The lowest BCUT2D eigenvalue weighted by Gasteiger charge is -2.12. The van der Waals surface area contributed by atoms with Crippen LogP contribution in [-0.4, -0.2) is 11.6 Å². The summed E-state index contributed by atoms with van der Waals surface area (Å²) in [6, 6.07) is 3.86. The molecule has 15 heavy (non-hydrogen) atoms. The molecule has 1 aliphatic rings. The molecule has 3 heteroatoms. The zero-order chi connectivity index (χ0) is 10.5. The van der Waals surface area contributed by atoms with Crippen LogP contribution in [0.1, 0.15) is 31.2 Å². The molecule has 3 nitrogen and oxygen atoms in total. The van der Waals surface area contributed by atoms with Crippen LogP contribution in [-0.2, 0) is 6.54 Å². The summed E-state index contributed by atoms with van der Waals surface area (Å²) in [7, 11) is 0. The highest BCUT2D eigenvalue weighted by molar-refractivity contribution is 5.24. The van der Waals surface area contributed by atoms with E-state index in [4.69, 9.17) is 10.5 Å². The molecule has 1 aliphatic carbocycles. The summed E-state index contributed by atoms with van der Waals surface area (Å²) in [5.74, 6) is 1.43.